The minimum absolute atomic E-state index is 0.0203. The van der Waals surface area contributed by atoms with Gasteiger partial charge in [-0.05, 0) is 49.2 Å². The van der Waals surface area contributed by atoms with Crippen molar-refractivity contribution < 1.29 is 9.59 Å². The van der Waals surface area contributed by atoms with Gasteiger partial charge < -0.3 is 9.80 Å². The molecule has 1 saturated heterocycles. The number of rotatable bonds is 5. The standard InChI is InChI=1S/C28H27BrClN5O2S/c1-17(2)25-23(14-31-35(25)28-32-24(16-38-28)19-6-10-22(30)11-7-19)27(37)33-12-13-34(18(3)15-33)26(36)20-4-8-21(29)9-5-20/h4-11,14,16-18H,12-13,15H2,1-3H3. The molecule has 0 N–H and O–H groups in total. The maximum Gasteiger partial charge on any atom is 0.257 e. The zero-order valence-corrected chi connectivity index (χ0v) is 24.4. The minimum atomic E-state index is -0.109. The lowest BCUT2D eigenvalue weighted by Crippen LogP contribution is -2.55. The van der Waals surface area contributed by atoms with Gasteiger partial charge in [0.1, 0.15) is 0 Å². The molecule has 1 atom stereocenters. The van der Waals surface area contributed by atoms with Crippen LogP contribution in [0.4, 0.5) is 0 Å². The van der Waals surface area contributed by atoms with Gasteiger partial charge in [0.25, 0.3) is 11.8 Å². The molecule has 0 saturated carbocycles. The molecule has 1 aliphatic rings. The molecule has 1 fully saturated rings. The summed E-state index contributed by atoms with van der Waals surface area (Å²) in [5, 5.41) is 7.94. The van der Waals surface area contributed by atoms with Crippen molar-refractivity contribution in [2.24, 2.45) is 0 Å². The molecular formula is C28H27BrClN5O2S. The van der Waals surface area contributed by atoms with Crippen LogP contribution in [0.1, 0.15) is 53.1 Å². The second kappa shape index (κ2) is 11.0. The predicted molar refractivity (Wildman–Crippen MR) is 154 cm³/mol. The summed E-state index contributed by atoms with van der Waals surface area (Å²) in [7, 11) is 0. The molecule has 1 unspecified atom stereocenters. The molecule has 4 aromatic rings. The van der Waals surface area contributed by atoms with Crippen LogP contribution >= 0.6 is 38.9 Å². The van der Waals surface area contributed by atoms with Crippen LogP contribution in [0.5, 0.6) is 0 Å². The summed E-state index contributed by atoms with van der Waals surface area (Å²) in [5.74, 6) is -0.0397. The normalized spacial score (nSPS) is 15.8. The van der Waals surface area contributed by atoms with Gasteiger partial charge in [-0.2, -0.15) is 5.10 Å². The van der Waals surface area contributed by atoms with Crippen LogP contribution in [-0.2, 0) is 0 Å². The van der Waals surface area contributed by atoms with Gasteiger partial charge in [0.2, 0.25) is 5.13 Å². The third-order valence-electron chi connectivity index (χ3n) is 6.66. The van der Waals surface area contributed by atoms with Gasteiger partial charge >= 0.3 is 0 Å². The topological polar surface area (TPSA) is 71.3 Å². The Bertz CT molecular complexity index is 1470. The van der Waals surface area contributed by atoms with E-state index in [2.05, 4.69) is 34.9 Å². The Hall–Kier alpha value is -3.01. The molecule has 5 rings (SSSR count). The number of hydrogen-bond acceptors (Lipinski definition) is 5. The fraction of sp³-hybridized carbons (Fsp3) is 0.286. The van der Waals surface area contributed by atoms with Crippen LogP contribution in [0.2, 0.25) is 5.02 Å². The molecule has 3 heterocycles. The fourth-order valence-electron chi connectivity index (χ4n) is 4.72. The molecule has 2 aromatic carbocycles. The summed E-state index contributed by atoms with van der Waals surface area (Å²) in [6, 6.07) is 14.8. The zero-order chi connectivity index (χ0) is 27.0. The molecule has 196 valence electrons. The second-order valence-electron chi connectivity index (χ2n) is 9.64. The Labute approximate surface area is 239 Å². The van der Waals surface area contributed by atoms with Crippen molar-refractivity contribution in [3.05, 3.63) is 86.4 Å². The number of halogens is 2. The largest absolute Gasteiger partial charge is 0.335 e. The summed E-state index contributed by atoms with van der Waals surface area (Å²) in [6.07, 6.45) is 1.64. The molecule has 2 amide bonds. The number of nitrogens with zero attached hydrogens (tertiary/aromatic N) is 5. The average Bonchev–Trinajstić information content (AvgIpc) is 3.56. The van der Waals surface area contributed by atoms with E-state index in [0.29, 0.717) is 40.9 Å². The summed E-state index contributed by atoms with van der Waals surface area (Å²) >= 11 is 10.9. The van der Waals surface area contributed by atoms with E-state index in [9.17, 15) is 9.59 Å². The first-order valence-electron chi connectivity index (χ1n) is 12.4. The molecule has 10 heteroatoms. The minimum Gasteiger partial charge on any atom is -0.335 e. The van der Waals surface area contributed by atoms with Crippen LogP contribution < -0.4 is 0 Å². The molecule has 0 spiro atoms. The summed E-state index contributed by atoms with van der Waals surface area (Å²) < 4.78 is 2.71. The lowest BCUT2D eigenvalue weighted by Gasteiger charge is -2.40. The number of carbonyl (C=O) groups is 2. The fourth-order valence-corrected chi connectivity index (χ4v) is 5.91. The van der Waals surface area contributed by atoms with E-state index in [1.165, 1.54) is 11.3 Å². The van der Waals surface area contributed by atoms with E-state index in [1.54, 1.807) is 10.9 Å². The zero-order valence-electron chi connectivity index (χ0n) is 21.3. The van der Waals surface area contributed by atoms with E-state index in [-0.39, 0.29) is 23.8 Å². The average molecular weight is 613 g/mol. The van der Waals surface area contributed by atoms with Crippen molar-refractivity contribution in [3.8, 4) is 16.4 Å². The number of amides is 2. The molecule has 7 nitrogen and oxygen atoms in total. The summed E-state index contributed by atoms with van der Waals surface area (Å²) in [6.45, 7) is 7.49. The van der Waals surface area contributed by atoms with E-state index >= 15 is 0 Å². The first-order chi connectivity index (χ1) is 18.2. The number of benzene rings is 2. The van der Waals surface area contributed by atoms with Gasteiger partial charge in [0, 0.05) is 51.7 Å². The van der Waals surface area contributed by atoms with Crippen LogP contribution in [0.25, 0.3) is 16.4 Å². The maximum atomic E-state index is 13.7. The SMILES string of the molecule is CC(C)c1c(C(=O)N2CCN(C(=O)c3ccc(Br)cc3)C(C)C2)cnn1-c1nc(-c2ccc(Cl)cc2)cs1. The molecule has 0 aliphatic carbocycles. The summed E-state index contributed by atoms with van der Waals surface area (Å²) in [5.41, 5.74) is 3.84. The van der Waals surface area contributed by atoms with Gasteiger partial charge in [-0.1, -0.05) is 53.5 Å². The lowest BCUT2D eigenvalue weighted by atomic mass is 10.0. The van der Waals surface area contributed by atoms with E-state index < -0.39 is 0 Å². The third kappa shape index (κ3) is 5.28. The Kier molecular flexibility index (Phi) is 7.70. The number of piperazine rings is 1. The van der Waals surface area contributed by atoms with Crippen molar-refractivity contribution in [1.82, 2.24) is 24.6 Å². The molecular weight excluding hydrogens is 586 g/mol. The van der Waals surface area contributed by atoms with E-state index in [0.717, 1.165) is 21.4 Å². The third-order valence-corrected chi connectivity index (χ3v) is 8.26. The highest BCUT2D eigenvalue weighted by Crippen LogP contribution is 2.30. The Morgan fingerprint density at radius 1 is 1.05 bits per heavy atom. The van der Waals surface area contributed by atoms with Crippen LogP contribution in [0.3, 0.4) is 0 Å². The molecule has 2 aromatic heterocycles. The number of aromatic nitrogens is 3. The maximum absolute atomic E-state index is 13.7. The highest BCUT2D eigenvalue weighted by atomic mass is 79.9. The Balaban J connectivity index is 1.35. The molecule has 0 bridgehead atoms. The highest BCUT2D eigenvalue weighted by Gasteiger charge is 2.33. The first-order valence-corrected chi connectivity index (χ1v) is 14.4. The summed E-state index contributed by atoms with van der Waals surface area (Å²) in [4.78, 5) is 35.2. The Morgan fingerprint density at radius 2 is 1.76 bits per heavy atom. The van der Waals surface area contributed by atoms with Crippen LogP contribution in [0, 0.1) is 0 Å². The van der Waals surface area contributed by atoms with E-state index in [1.807, 2.05) is 70.6 Å². The molecule has 1 aliphatic heterocycles. The van der Waals surface area contributed by atoms with Gasteiger partial charge in [-0.15, -0.1) is 11.3 Å². The van der Waals surface area contributed by atoms with Crippen molar-refractivity contribution in [2.75, 3.05) is 19.6 Å². The van der Waals surface area contributed by atoms with Crippen LogP contribution in [-0.4, -0.2) is 62.1 Å². The van der Waals surface area contributed by atoms with Crippen molar-refractivity contribution in [3.63, 3.8) is 0 Å². The molecule has 0 radical (unpaired) electrons. The predicted octanol–water partition coefficient (Wildman–Crippen LogP) is 6.52. The van der Waals surface area contributed by atoms with Crippen LogP contribution in [0.15, 0.2) is 64.6 Å². The van der Waals surface area contributed by atoms with Gasteiger partial charge in [-0.3, -0.25) is 9.59 Å². The molecule has 38 heavy (non-hydrogen) atoms. The monoisotopic (exact) mass is 611 g/mol. The highest BCUT2D eigenvalue weighted by molar-refractivity contribution is 9.10. The van der Waals surface area contributed by atoms with Gasteiger partial charge in [0.05, 0.1) is 23.1 Å². The van der Waals surface area contributed by atoms with Gasteiger partial charge in [0.15, 0.2) is 0 Å². The van der Waals surface area contributed by atoms with Gasteiger partial charge in [-0.25, -0.2) is 9.67 Å². The van der Waals surface area contributed by atoms with E-state index in [4.69, 9.17) is 16.6 Å². The van der Waals surface area contributed by atoms with Crippen molar-refractivity contribution in [2.45, 2.75) is 32.7 Å². The quantitative estimate of drug-likeness (QED) is 0.257. The Morgan fingerprint density at radius 3 is 2.42 bits per heavy atom. The lowest BCUT2D eigenvalue weighted by molar-refractivity contribution is 0.0413. The smallest absolute Gasteiger partial charge is 0.257 e. The number of hydrogen-bond donors (Lipinski definition) is 0. The van der Waals surface area contributed by atoms with Crippen molar-refractivity contribution in [1.29, 1.82) is 0 Å². The first kappa shape index (κ1) is 26.6. The van der Waals surface area contributed by atoms with Crippen molar-refractivity contribution >= 4 is 50.7 Å². The number of thiazole rings is 1. The second-order valence-corrected chi connectivity index (χ2v) is 11.8. The number of carbonyl (C=O) groups excluding carboxylic acids is 2.